The van der Waals surface area contributed by atoms with Crippen LogP contribution >= 0.6 is 0 Å². The average molecular weight is 662 g/mol. The predicted molar refractivity (Wildman–Crippen MR) is 175 cm³/mol. The van der Waals surface area contributed by atoms with Crippen LogP contribution in [0, 0.1) is 24.6 Å². The van der Waals surface area contributed by atoms with Gasteiger partial charge in [0.25, 0.3) is 5.91 Å². The van der Waals surface area contributed by atoms with E-state index in [-0.39, 0.29) is 36.4 Å². The van der Waals surface area contributed by atoms with E-state index >= 15 is 4.39 Å². The minimum atomic E-state index is -4.29. The Balaban J connectivity index is 1.25. The number of aromatic nitrogens is 2. The SMILES string of the molecule is Cc1cccc(F)c1C(=O)N1C(c2ccc(CN3CCC[C@@H]3C(F)(F)F)cc2)C(C(=O)Nc2ccc3c(cnn3C)c2)C[C@@H]2CCC[C@@H]21. The van der Waals surface area contributed by atoms with Crippen LogP contribution in [0.5, 0.6) is 0 Å². The Morgan fingerprint density at radius 2 is 1.79 bits per heavy atom. The molecule has 3 aromatic carbocycles. The number of halogens is 4. The lowest BCUT2D eigenvalue weighted by molar-refractivity contribution is -0.177. The van der Waals surface area contributed by atoms with Crippen molar-refractivity contribution >= 4 is 28.4 Å². The summed E-state index contributed by atoms with van der Waals surface area (Å²) in [6.45, 7) is 2.23. The third kappa shape index (κ3) is 5.97. The molecule has 0 radical (unpaired) electrons. The second-order valence-corrected chi connectivity index (χ2v) is 13.6. The van der Waals surface area contributed by atoms with Crippen molar-refractivity contribution in [2.45, 2.75) is 76.3 Å². The molecule has 5 atom stereocenters. The van der Waals surface area contributed by atoms with Gasteiger partial charge in [-0.2, -0.15) is 18.3 Å². The molecule has 3 aliphatic rings. The van der Waals surface area contributed by atoms with Crippen molar-refractivity contribution in [1.29, 1.82) is 0 Å². The summed E-state index contributed by atoms with van der Waals surface area (Å²) in [6.07, 6.45) is 1.07. The van der Waals surface area contributed by atoms with Crippen molar-refractivity contribution in [1.82, 2.24) is 19.6 Å². The molecule has 1 N–H and O–H groups in total. The Kier molecular flexibility index (Phi) is 8.51. The number of nitrogens with one attached hydrogen (secondary N) is 1. The number of anilines is 1. The number of rotatable bonds is 6. The highest BCUT2D eigenvalue weighted by Gasteiger charge is 2.50. The van der Waals surface area contributed by atoms with Gasteiger partial charge in [-0.05, 0) is 92.4 Å². The minimum absolute atomic E-state index is 0.0000772. The van der Waals surface area contributed by atoms with E-state index in [0.717, 1.165) is 35.7 Å². The van der Waals surface area contributed by atoms with Crippen LogP contribution in [0.25, 0.3) is 10.9 Å². The highest BCUT2D eigenvalue weighted by molar-refractivity contribution is 5.99. The molecule has 48 heavy (non-hydrogen) atoms. The molecule has 2 saturated heterocycles. The van der Waals surface area contributed by atoms with Gasteiger partial charge in [0.05, 0.1) is 29.2 Å². The molecule has 252 valence electrons. The number of hydrogen-bond acceptors (Lipinski definition) is 4. The maximum absolute atomic E-state index is 15.3. The Morgan fingerprint density at radius 1 is 1.00 bits per heavy atom. The molecule has 11 heteroatoms. The summed E-state index contributed by atoms with van der Waals surface area (Å²) < 4.78 is 58.0. The molecule has 2 aliphatic heterocycles. The van der Waals surface area contributed by atoms with Gasteiger partial charge >= 0.3 is 6.18 Å². The molecule has 2 unspecified atom stereocenters. The van der Waals surface area contributed by atoms with E-state index in [2.05, 4.69) is 10.4 Å². The quantitative estimate of drug-likeness (QED) is 0.217. The van der Waals surface area contributed by atoms with E-state index in [0.29, 0.717) is 36.2 Å². The molecule has 0 bridgehead atoms. The van der Waals surface area contributed by atoms with Crippen LogP contribution < -0.4 is 5.32 Å². The summed E-state index contributed by atoms with van der Waals surface area (Å²) >= 11 is 0. The number of aryl methyl sites for hydroxylation is 2. The average Bonchev–Trinajstić information content (AvgIpc) is 3.80. The molecule has 1 aliphatic carbocycles. The fourth-order valence-electron chi connectivity index (χ4n) is 8.38. The van der Waals surface area contributed by atoms with Crippen molar-refractivity contribution in [2.75, 3.05) is 11.9 Å². The molecular weight excluding hydrogens is 622 g/mol. The van der Waals surface area contributed by atoms with Crippen molar-refractivity contribution in [3.8, 4) is 0 Å². The Hall–Kier alpha value is -4.25. The fraction of sp³-hybridized carbons (Fsp3) is 0.432. The zero-order valence-electron chi connectivity index (χ0n) is 27.0. The molecule has 7 rings (SSSR count). The van der Waals surface area contributed by atoms with Crippen LogP contribution in [0.15, 0.2) is 66.9 Å². The zero-order valence-corrected chi connectivity index (χ0v) is 27.0. The number of alkyl halides is 3. The molecule has 3 heterocycles. The number of benzene rings is 3. The number of likely N-dealkylation sites (tertiary alicyclic amines) is 2. The number of nitrogens with zero attached hydrogens (tertiary/aromatic N) is 4. The lowest BCUT2D eigenvalue weighted by Crippen LogP contribution is -2.54. The van der Waals surface area contributed by atoms with E-state index in [9.17, 15) is 22.8 Å². The maximum Gasteiger partial charge on any atom is 0.404 e. The van der Waals surface area contributed by atoms with Gasteiger partial charge in [-0.25, -0.2) is 4.39 Å². The number of carbonyl (C=O) groups excluding carboxylic acids is 2. The van der Waals surface area contributed by atoms with E-state index < -0.39 is 35.9 Å². The van der Waals surface area contributed by atoms with E-state index in [4.69, 9.17) is 0 Å². The normalized spacial score (nSPS) is 24.6. The lowest BCUT2D eigenvalue weighted by atomic mass is 9.76. The molecule has 4 aromatic rings. The standard InChI is InChI=1S/C37H39F4N5O2/c1-22-6-3-8-29(38)33(22)36(48)46-31-9-4-7-25(31)19-28(35(47)43-27-15-16-30-26(18-27)20-42-44(30)2)34(46)24-13-11-23(12-14-24)21-45-17-5-10-32(45)37(39,40)41/h3,6,8,11-16,18,20,25,28,31-32,34H,4-5,7,9-10,17,19,21H2,1-2H3,(H,43,47)/t25-,28?,31-,32+,34?/m0/s1. The van der Waals surface area contributed by atoms with Gasteiger partial charge in [0.15, 0.2) is 0 Å². The van der Waals surface area contributed by atoms with E-state index in [1.807, 2.05) is 37.4 Å². The highest BCUT2D eigenvalue weighted by Crippen LogP contribution is 2.49. The topological polar surface area (TPSA) is 70.5 Å². The number of fused-ring (bicyclic) bond motifs is 2. The van der Waals surface area contributed by atoms with Crippen molar-refractivity contribution in [2.24, 2.45) is 18.9 Å². The first-order valence-electron chi connectivity index (χ1n) is 16.7. The first-order chi connectivity index (χ1) is 23.0. The molecule has 3 fully saturated rings. The second kappa shape index (κ2) is 12.7. The molecule has 2 amide bonds. The minimum Gasteiger partial charge on any atom is -0.327 e. The number of carbonyl (C=O) groups is 2. The summed E-state index contributed by atoms with van der Waals surface area (Å²) in [6, 6.07) is 15.0. The van der Waals surface area contributed by atoms with Crippen LogP contribution in [0.4, 0.5) is 23.2 Å². The molecular formula is C37H39F4N5O2. The van der Waals surface area contributed by atoms with Gasteiger partial charge in [0.2, 0.25) is 5.91 Å². The van der Waals surface area contributed by atoms with Crippen LogP contribution in [0.1, 0.15) is 71.6 Å². The summed E-state index contributed by atoms with van der Waals surface area (Å²) in [5.74, 6) is -1.88. The largest absolute Gasteiger partial charge is 0.404 e. The van der Waals surface area contributed by atoms with Gasteiger partial charge in [0.1, 0.15) is 11.9 Å². The monoisotopic (exact) mass is 661 g/mol. The summed E-state index contributed by atoms with van der Waals surface area (Å²) in [4.78, 5) is 32.0. The van der Waals surface area contributed by atoms with Crippen molar-refractivity contribution in [3.05, 3.63) is 94.9 Å². The van der Waals surface area contributed by atoms with Crippen LogP contribution in [0.3, 0.4) is 0 Å². The first-order valence-corrected chi connectivity index (χ1v) is 16.7. The van der Waals surface area contributed by atoms with Crippen LogP contribution in [-0.2, 0) is 18.4 Å². The van der Waals surface area contributed by atoms with Crippen molar-refractivity contribution < 1.29 is 27.2 Å². The third-order valence-corrected chi connectivity index (χ3v) is 10.7. The first kappa shape index (κ1) is 32.3. The van der Waals surface area contributed by atoms with Crippen LogP contribution in [0.2, 0.25) is 0 Å². The summed E-state index contributed by atoms with van der Waals surface area (Å²) in [5.41, 5.74) is 3.46. The maximum atomic E-state index is 15.3. The lowest BCUT2D eigenvalue weighted by Gasteiger charge is -2.48. The van der Waals surface area contributed by atoms with Gasteiger partial charge < -0.3 is 10.2 Å². The van der Waals surface area contributed by atoms with E-state index in [1.165, 1.54) is 11.0 Å². The third-order valence-electron chi connectivity index (χ3n) is 10.7. The summed E-state index contributed by atoms with van der Waals surface area (Å²) in [7, 11) is 1.85. The number of hydrogen-bond donors (Lipinski definition) is 1. The Bertz CT molecular complexity index is 1820. The second-order valence-electron chi connectivity index (χ2n) is 13.6. The van der Waals surface area contributed by atoms with Crippen molar-refractivity contribution in [3.63, 3.8) is 0 Å². The predicted octanol–water partition coefficient (Wildman–Crippen LogP) is 7.56. The molecule has 1 saturated carbocycles. The zero-order chi connectivity index (χ0) is 33.7. The Morgan fingerprint density at radius 3 is 2.54 bits per heavy atom. The van der Waals surface area contributed by atoms with Gasteiger partial charge in [0, 0.05) is 30.7 Å². The van der Waals surface area contributed by atoms with Crippen LogP contribution in [-0.4, -0.2) is 56.2 Å². The molecule has 0 spiro atoms. The Labute approximate surface area is 276 Å². The summed E-state index contributed by atoms with van der Waals surface area (Å²) in [5, 5.41) is 8.26. The van der Waals surface area contributed by atoms with Gasteiger partial charge in [-0.1, -0.05) is 42.8 Å². The van der Waals surface area contributed by atoms with E-state index in [1.54, 1.807) is 47.0 Å². The number of piperidine rings is 1. The molecule has 1 aromatic heterocycles. The smallest absolute Gasteiger partial charge is 0.327 e. The number of amides is 2. The highest BCUT2D eigenvalue weighted by atomic mass is 19.4. The van der Waals surface area contributed by atoms with Gasteiger partial charge in [-0.15, -0.1) is 0 Å². The fourth-order valence-corrected chi connectivity index (χ4v) is 8.38. The van der Waals surface area contributed by atoms with Gasteiger partial charge in [-0.3, -0.25) is 19.2 Å². The molecule has 7 nitrogen and oxygen atoms in total.